The summed E-state index contributed by atoms with van der Waals surface area (Å²) in [5, 5.41) is 9.67. The van der Waals surface area contributed by atoms with Crippen LogP contribution in [0.3, 0.4) is 0 Å². The van der Waals surface area contributed by atoms with Gasteiger partial charge in [0.25, 0.3) is 0 Å². The van der Waals surface area contributed by atoms with Crippen LogP contribution < -0.4 is 4.90 Å². The number of imide groups is 1. The lowest BCUT2D eigenvalue weighted by Gasteiger charge is -2.26. The van der Waals surface area contributed by atoms with Crippen LogP contribution in [-0.4, -0.2) is 35.2 Å². The van der Waals surface area contributed by atoms with E-state index >= 15 is 0 Å². The van der Waals surface area contributed by atoms with Gasteiger partial charge in [-0.25, -0.2) is 4.90 Å². The first-order valence-corrected chi connectivity index (χ1v) is 7.41. The Morgan fingerprint density at radius 1 is 1.23 bits per heavy atom. The predicted molar refractivity (Wildman–Crippen MR) is 79.2 cm³/mol. The number of hydrogen-bond donors (Lipinski definition) is 1. The minimum Gasteiger partial charge on any atom is -0.393 e. The van der Waals surface area contributed by atoms with Crippen LogP contribution in [0.2, 0.25) is 0 Å². The maximum atomic E-state index is 12.8. The monoisotopic (exact) mass is 299 g/mol. The molecular formula is C17H17NO4. The lowest BCUT2D eigenvalue weighted by atomic mass is 9.77. The molecule has 0 radical (unpaired) electrons. The van der Waals surface area contributed by atoms with E-state index in [0.29, 0.717) is 5.69 Å². The average Bonchev–Trinajstić information content (AvgIpc) is 3.14. The summed E-state index contributed by atoms with van der Waals surface area (Å²) in [5.74, 6) is -1.66. The second-order valence-electron chi connectivity index (χ2n) is 6.34. The topological polar surface area (TPSA) is 66.8 Å². The third-order valence-electron chi connectivity index (χ3n) is 5.15. The van der Waals surface area contributed by atoms with E-state index in [1.807, 2.05) is 26.0 Å². The molecule has 0 aromatic heterocycles. The maximum Gasteiger partial charge on any atom is 0.241 e. The molecule has 1 aromatic carbocycles. The van der Waals surface area contributed by atoms with Gasteiger partial charge in [-0.3, -0.25) is 9.59 Å². The molecule has 2 amide bonds. The van der Waals surface area contributed by atoms with Crippen LogP contribution in [0, 0.1) is 25.7 Å². The summed E-state index contributed by atoms with van der Waals surface area (Å²) in [7, 11) is 0. The van der Waals surface area contributed by atoms with E-state index in [1.165, 1.54) is 4.90 Å². The fraction of sp³-hybridized carbons (Fsp3) is 0.412. The van der Waals surface area contributed by atoms with E-state index in [-0.39, 0.29) is 18.4 Å². The molecule has 1 aromatic rings. The lowest BCUT2D eigenvalue weighted by molar-refractivity contribution is -0.128. The van der Waals surface area contributed by atoms with Crippen LogP contribution in [0.4, 0.5) is 5.69 Å². The predicted octanol–water partition coefficient (Wildman–Crippen LogP) is 1.11. The standard InChI is InChI=1S/C17H17NO4/c1-9-3-4-11(7-10(9)2)18-15(20)13-12-5-6-17(8-19,22-12)14(13)16(18)21/h3-7,12-14,19H,8H2,1-2H3/t12-,13-,14-,17+/m0/s1. The second kappa shape index (κ2) is 4.27. The molecule has 0 spiro atoms. The van der Waals surface area contributed by atoms with Gasteiger partial charge in [0, 0.05) is 0 Å². The van der Waals surface area contributed by atoms with Gasteiger partial charge in [0.2, 0.25) is 11.8 Å². The Hall–Kier alpha value is -1.98. The second-order valence-corrected chi connectivity index (χ2v) is 6.34. The molecule has 114 valence electrons. The Morgan fingerprint density at radius 2 is 2.00 bits per heavy atom. The normalized spacial score (nSPS) is 35.6. The van der Waals surface area contributed by atoms with Gasteiger partial charge in [0.05, 0.1) is 30.2 Å². The first-order chi connectivity index (χ1) is 10.5. The molecular weight excluding hydrogens is 282 g/mol. The molecule has 2 saturated heterocycles. The number of ether oxygens (including phenoxy) is 1. The number of rotatable bonds is 2. The van der Waals surface area contributed by atoms with Crippen molar-refractivity contribution in [1.29, 1.82) is 0 Å². The van der Waals surface area contributed by atoms with E-state index < -0.39 is 23.5 Å². The zero-order valence-corrected chi connectivity index (χ0v) is 12.4. The van der Waals surface area contributed by atoms with Crippen molar-refractivity contribution in [2.45, 2.75) is 25.6 Å². The summed E-state index contributed by atoms with van der Waals surface area (Å²) < 4.78 is 5.71. The number of aliphatic hydroxyl groups excluding tert-OH is 1. The number of amides is 2. The Balaban J connectivity index is 1.77. The van der Waals surface area contributed by atoms with Crippen molar-refractivity contribution in [3.63, 3.8) is 0 Å². The SMILES string of the molecule is Cc1ccc(N2C(=O)[C@H]3[C@@H]4C=C[C@](CO)(O4)[C@@H]3C2=O)cc1C. The van der Waals surface area contributed by atoms with Gasteiger partial charge < -0.3 is 9.84 Å². The summed E-state index contributed by atoms with van der Waals surface area (Å²) in [4.78, 5) is 26.8. The highest BCUT2D eigenvalue weighted by atomic mass is 16.5. The average molecular weight is 299 g/mol. The van der Waals surface area contributed by atoms with Gasteiger partial charge >= 0.3 is 0 Å². The lowest BCUT2D eigenvalue weighted by Crippen LogP contribution is -2.43. The fourth-order valence-electron chi connectivity index (χ4n) is 3.80. The van der Waals surface area contributed by atoms with Gasteiger partial charge in [-0.1, -0.05) is 18.2 Å². The molecule has 5 heteroatoms. The van der Waals surface area contributed by atoms with Crippen LogP contribution in [0.1, 0.15) is 11.1 Å². The van der Waals surface area contributed by atoms with Gasteiger partial charge in [-0.15, -0.1) is 0 Å². The number of fused-ring (bicyclic) bond motifs is 5. The van der Waals surface area contributed by atoms with Crippen molar-refractivity contribution in [3.05, 3.63) is 41.5 Å². The Kier molecular flexibility index (Phi) is 2.65. The van der Waals surface area contributed by atoms with Crippen molar-refractivity contribution in [1.82, 2.24) is 0 Å². The first kappa shape index (κ1) is 13.7. The minimum atomic E-state index is -1.03. The first-order valence-electron chi connectivity index (χ1n) is 7.41. The van der Waals surface area contributed by atoms with Gasteiger partial charge in [0.1, 0.15) is 5.60 Å². The molecule has 3 heterocycles. The molecule has 0 saturated carbocycles. The third kappa shape index (κ3) is 1.50. The van der Waals surface area contributed by atoms with Gasteiger partial charge in [-0.2, -0.15) is 0 Å². The molecule has 4 rings (SSSR count). The third-order valence-corrected chi connectivity index (χ3v) is 5.15. The van der Waals surface area contributed by atoms with Crippen LogP contribution in [0.15, 0.2) is 30.4 Å². The molecule has 4 atom stereocenters. The van der Waals surface area contributed by atoms with Crippen molar-refractivity contribution in [2.75, 3.05) is 11.5 Å². The molecule has 1 N–H and O–H groups in total. The van der Waals surface area contributed by atoms with E-state index in [1.54, 1.807) is 18.2 Å². The number of anilines is 1. The molecule has 5 nitrogen and oxygen atoms in total. The number of benzene rings is 1. The zero-order chi connectivity index (χ0) is 15.6. The van der Waals surface area contributed by atoms with E-state index in [2.05, 4.69) is 0 Å². The minimum absolute atomic E-state index is 0.233. The highest BCUT2D eigenvalue weighted by molar-refractivity contribution is 6.23. The number of aliphatic hydroxyl groups is 1. The Bertz CT molecular complexity index is 725. The van der Waals surface area contributed by atoms with Crippen LogP contribution in [-0.2, 0) is 14.3 Å². The molecule has 3 aliphatic heterocycles. The summed E-state index contributed by atoms with van der Waals surface area (Å²) in [6.07, 6.45) is 3.10. The molecule has 2 fully saturated rings. The summed E-state index contributed by atoms with van der Waals surface area (Å²) in [6.45, 7) is 3.65. The summed E-state index contributed by atoms with van der Waals surface area (Å²) >= 11 is 0. The molecule has 3 aliphatic rings. The summed E-state index contributed by atoms with van der Waals surface area (Å²) in [5.41, 5.74) is 1.71. The fourth-order valence-corrected chi connectivity index (χ4v) is 3.80. The smallest absolute Gasteiger partial charge is 0.241 e. The molecule has 22 heavy (non-hydrogen) atoms. The highest BCUT2D eigenvalue weighted by Gasteiger charge is 2.67. The van der Waals surface area contributed by atoms with Crippen LogP contribution in [0.25, 0.3) is 0 Å². The van der Waals surface area contributed by atoms with Crippen molar-refractivity contribution in [2.24, 2.45) is 11.8 Å². The number of aryl methyl sites for hydroxylation is 2. The van der Waals surface area contributed by atoms with Crippen LogP contribution in [0.5, 0.6) is 0 Å². The number of carbonyl (C=O) groups is 2. The van der Waals surface area contributed by atoms with E-state index in [4.69, 9.17) is 4.74 Å². The van der Waals surface area contributed by atoms with Crippen molar-refractivity contribution in [3.8, 4) is 0 Å². The quantitative estimate of drug-likeness (QED) is 0.656. The zero-order valence-electron chi connectivity index (χ0n) is 12.4. The Labute approximate surface area is 128 Å². The van der Waals surface area contributed by atoms with Crippen LogP contribution >= 0.6 is 0 Å². The van der Waals surface area contributed by atoms with Gasteiger partial charge in [-0.05, 0) is 37.1 Å². The molecule has 2 bridgehead atoms. The number of carbonyl (C=O) groups excluding carboxylic acids is 2. The van der Waals surface area contributed by atoms with E-state index in [0.717, 1.165) is 11.1 Å². The number of hydrogen-bond acceptors (Lipinski definition) is 4. The maximum absolute atomic E-state index is 12.8. The molecule has 0 unspecified atom stereocenters. The summed E-state index contributed by atoms with van der Waals surface area (Å²) in [6, 6.07) is 5.56. The number of nitrogens with zero attached hydrogens (tertiary/aromatic N) is 1. The highest BCUT2D eigenvalue weighted by Crippen LogP contribution is 2.52. The van der Waals surface area contributed by atoms with Gasteiger partial charge in [0.15, 0.2) is 0 Å². The van der Waals surface area contributed by atoms with E-state index in [9.17, 15) is 14.7 Å². The van der Waals surface area contributed by atoms with Crippen molar-refractivity contribution < 1.29 is 19.4 Å². The largest absolute Gasteiger partial charge is 0.393 e. The van der Waals surface area contributed by atoms with Crippen molar-refractivity contribution >= 4 is 17.5 Å². The Morgan fingerprint density at radius 3 is 2.68 bits per heavy atom. The molecule has 0 aliphatic carbocycles.